The van der Waals surface area contributed by atoms with Gasteiger partial charge in [-0.05, 0) is 61.0 Å². The van der Waals surface area contributed by atoms with Crippen molar-refractivity contribution in [1.29, 1.82) is 0 Å². The predicted molar refractivity (Wildman–Crippen MR) is 135 cm³/mol. The molecule has 0 fully saturated rings. The fourth-order valence-electron chi connectivity index (χ4n) is 3.49. The SMILES string of the molecule is CCOc1ccc(N(CC(=O)N(C)Cc2ccc(OC)c(OC)c2)S(=O)(=O)c2ccccc2)cc1. The summed E-state index contributed by atoms with van der Waals surface area (Å²) in [4.78, 5) is 14.8. The van der Waals surface area contributed by atoms with Gasteiger partial charge in [0, 0.05) is 13.6 Å². The Bertz CT molecular complexity index is 1230. The Morgan fingerprint density at radius 2 is 1.54 bits per heavy atom. The minimum atomic E-state index is -3.99. The number of hydrogen-bond donors (Lipinski definition) is 0. The van der Waals surface area contributed by atoms with E-state index in [-0.39, 0.29) is 23.9 Å². The van der Waals surface area contributed by atoms with Gasteiger partial charge in [-0.1, -0.05) is 24.3 Å². The Morgan fingerprint density at radius 1 is 0.886 bits per heavy atom. The molecule has 35 heavy (non-hydrogen) atoms. The number of carbonyl (C=O) groups is 1. The van der Waals surface area contributed by atoms with E-state index in [2.05, 4.69) is 0 Å². The summed E-state index contributed by atoms with van der Waals surface area (Å²) in [5, 5.41) is 0. The second kappa shape index (κ2) is 11.6. The monoisotopic (exact) mass is 498 g/mol. The first-order valence-electron chi connectivity index (χ1n) is 11.1. The van der Waals surface area contributed by atoms with Crippen molar-refractivity contribution in [3.8, 4) is 17.2 Å². The number of ether oxygens (including phenoxy) is 3. The molecular formula is C26H30N2O6S. The third-order valence-corrected chi connectivity index (χ3v) is 7.13. The fraction of sp³-hybridized carbons (Fsp3) is 0.269. The maximum absolute atomic E-state index is 13.5. The van der Waals surface area contributed by atoms with Crippen LogP contribution in [0.15, 0.2) is 77.7 Å². The molecule has 1 amide bonds. The third kappa shape index (κ3) is 6.24. The van der Waals surface area contributed by atoms with E-state index >= 15 is 0 Å². The molecule has 0 saturated carbocycles. The highest BCUT2D eigenvalue weighted by Gasteiger charge is 2.28. The van der Waals surface area contributed by atoms with Gasteiger partial charge in [0.25, 0.3) is 10.0 Å². The quantitative estimate of drug-likeness (QED) is 0.398. The molecule has 0 aliphatic heterocycles. The summed E-state index contributed by atoms with van der Waals surface area (Å²) in [5.41, 5.74) is 1.18. The lowest BCUT2D eigenvalue weighted by atomic mass is 10.2. The van der Waals surface area contributed by atoms with Gasteiger partial charge >= 0.3 is 0 Å². The Hall–Kier alpha value is -3.72. The fourth-order valence-corrected chi connectivity index (χ4v) is 4.93. The molecule has 0 heterocycles. The molecule has 0 radical (unpaired) electrons. The van der Waals surface area contributed by atoms with Crippen molar-refractivity contribution in [2.24, 2.45) is 0 Å². The first-order chi connectivity index (χ1) is 16.8. The van der Waals surface area contributed by atoms with Crippen molar-refractivity contribution < 1.29 is 27.4 Å². The van der Waals surface area contributed by atoms with Crippen LogP contribution in [0, 0.1) is 0 Å². The lowest BCUT2D eigenvalue weighted by Gasteiger charge is -2.27. The van der Waals surface area contributed by atoms with E-state index in [0.717, 1.165) is 9.87 Å². The lowest BCUT2D eigenvalue weighted by molar-refractivity contribution is -0.128. The summed E-state index contributed by atoms with van der Waals surface area (Å²) in [6.07, 6.45) is 0. The molecule has 3 aromatic rings. The van der Waals surface area contributed by atoms with Gasteiger partial charge in [0.2, 0.25) is 5.91 Å². The minimum absolute atomic E-state index is 0.101. The molecule has 0 N–H and O–H groups in total. The van der Waals surface area contributed by atoms with Gasteiger partial charge < -0.3 is 19.1 Å². The van der Waals surface area contributed by atoms with Crippen molar-refractivity contribution in [3.05, 3.63) is 78.4 Å². The van der Waals surface area contributed by atoms with Crippen LogP contribution in [-0.4, -0.2) is 53.6 Å². The molecule has 0 unspecified atom stereocenters. The molecule has 3 aromatic carbocycles. The largest absolute Gasteiger partial charge is 0.494 e. The molecule has 186 valence electrons. The molecule has 3 rings (SSSR count). The maximum atomic E-state index is 13.5. The Kier molecular flexibility index (Phi) is 8.59. The first-order valence-corrected chi connectivity index (χ1v) is 12.5. The van der Waals surface area contributed by atoms with Crippen LogP contribution < -0.4 is 18.5 Å². The number of likely N-dealkylation sites (N-methyl/N-ethyl adjacent to an activating group) is 1. The van der Waals surface area contributed by atoms with Crippen LogP contribution >= 0.6 is 0 Å². The number of amides is 1. The number of anilines is 1. The molecule has 0 aliphatic carbocycles. The van der Waals surface area contributed by atoms with E-state index in [4.69, 9.17) is 14.2 Å². The number of hydrogen-bond acceptors (Lipinski definition) is 6. The Morgan fingerprint density at radius 3 is 2.14 bits per heavy atom. The zero-order valence-corrected chi connectivity index (χ0v) is 21.1. The van der Waals surface area contributed by atoms with Gasteiger partial charge in [-0.15, -0.1) is 0 Å². The van der Waals surface area contributed by atoms with Crippen LogP contribution in [0.1, 0.15) is 12.5 Å². The van der Waals surface area contributed by atoms with E-state index in [0.29, 0.717) is 29.5 Å². The van der Waals surface area contributed by atoms with Crippen LogP contribution in [-0.2, 0) is 21.4 Å². The van der Waals surface area contributed by atoms with E-state index < -0.39 is 10.0 Å². The summed E-state index contributed by atoms with van der Waals surface area (Å²) in [5.74, 6) is 1.38. The predicted octanol–water partition coefficient (Wildman–Crippen LogP) is 3.96. The molecule has 0 bridgehead atoms. The van der Waals surface area contributed by atoms with Gasteiger partial charge in [0.1, 0.15) is 12.3 Å². The molecule has 9 heteroatoms. The van der Waals surface area contributed by atoms with Gasteiger partial charge in [-0.2, -0.15) is 0 Å². The number of methoxy groups -OCH3 is 2. The van der Waals surface area contributed by atoms with Crippen molar-refractivity contribution in [2.45, 2.75) is 18.4 Å². The van der Waals surface area contributed by atoms with Gasteiger partial charge in [-0.25, -0.2) is 8.42 Å². The smallest absolute Gasteiger partial charge is 0.264 e. The van der Waals surface area contributed by atoms with Crippen LogP contribution in [0.25, 0.3) is 0 Å². The summed E-state index contributed by atoms with van der Waals surface area (Å²) in [6.45, 7) is 2.26. The van der Waals surface area contributed by atoms with E-state index in [9.17, 15) is 13.2 Å². The second-order valence-corrected chi connectivity index (χ2v) is 9.55. The average molecular weight is 499 g/mol. The normalized spacial score (nSPS) is 11.0. The summed E-state index contributed by atoms with van der Waals surface area (Å²) in [7, 11) is 0.730. The highest BCUT2D eigenvalue weighted by Crippen LogP contribution is 2.29. The highest BCUT2D eigenvalue weighted by atomic mass is 32.2. The molecule has 8 nitrogen and oxygen atoms in total. The maximum Gasteiger partial charge on any atom is 0.264 e. The number of benzene rings is 3. The first kappa shape index (κ1) is 25.9. The molecular weight excluding hydrogens is 468 g/mol. The zero-order chi connectivity index (χ0) is 25.4. The van der Waals surface area contributed by atoms with Crippen LogP contribution in [0.3, 0.4) is 0 Å². The highest BCUT2D eigenvalue weighted by molar-refractivity contribution is 7.92. The van der Waals surface area contributed by atoms with Crippen molar-refractivity contribution in [1.82, 2.24) is 4.90 Å². The van der Waals surface area contributed by atoms with E-state index in [1.807, 2.05) is 13.0 Å². The van der Waals surface area contributed by atoms with E-state index in [1.54, 1.807) is 75.9 Å². The van der Waals surface area contributed by atoms with Crippen molar-refractivity contribution >= 4 is 21.6 Å². The number of rotatable bonds is 11. The molecule has 0 aromatic heterocycles. The molecule has 0 spiro atoms. The Balaban J connectivity index is 1.87. The van der Waals surface area contributed by atoms with Crippen molar-refractivity contribution in [3.63, 3.8) is 0 Å². The summed E-state index contributed by atoms with van der Waals surface area (Å²) >= 11 is 0. The average Bonchev–Trinajstić information content (AvgIpc) is 2.88. The number of nitrogens with zero attached hydrogens (tertiary/aromatic N) is 2. The third-order valence-electron chi connectivity index (χ3n) is 5.34. The van der Waals surface area contributed by atoms with Crippen molar-refractivity contribution in [2.75, 3.05) is 38.7 Å². The minimum Gasteiger partial charge on any atom is -0.494 e. The van der Waals surface area contributed by atoms with Gasteiger partial charge in [0.15, 0.2) is 11.5 Å². The van der Waals surface area contributed by atoms with Crippen LogP contribution in [0.2, 0.25) is 0 Å². The van der Waals surface area contributed by atoms with E-state index in [1.165, 1.54) is 17.0 Å². The topological polar surface area (TPSA) is 85.4 Å². The summed E-state index contributed by atoms with van der Waals surface area (Å²) in [6, 6.07) is 20.1. The lowest BCUT2D eigenvalue weighted by Crippen LogP contribution is -2.41. The van der Waals surface area contributed by atoms with Crippen LogP contribution in [0.5, 0.6) is 17.2 Å². The van der Waals surface area contributed by atoms with Gasteiger partial charge in [0.05, 0.1) is 31.4 Å². The molecule has 0 aliphatic rings. The number of sulfonamides is 1. The van der Waals surface area contributed by atoms with Crippen LogP contribution in [0.4, 0.5) is 5.69 Å². The zero-order valence-electron chi connectivity index (χ0n) is 20.3. The Labute approximate surface area is 206 Å². The second-order valence-electron chi connectivity index (χ2n) is 7.69. The molecule has 0 saturated heterocycles. The molecule has 0 atom stereocenters. The standard InChI is InChI=1S/C26H30N2O6S/c1-5-34-22-14-12-21(13-15-22)28(35(30,31)23-9-7-6-8-10-23)19-26(29)27(2)18-20-11-16-24(32-3)25(17-20)33-4/h6-17H,5,18-19H2,1-4H3. The summed E-state index contributed by atoms with van der Waals surface area (Å²) < 4.78 is 44.2. The van der Waals surface area contributed by atoms with Gasteiger partial charge in [-0.3, -0.25) is 9.10 Å². The number of carbonyl (C=O) groups excluding carboxylic acids is 1.